The van der Waals surface area contributed by atoms with Crippen LogP contribution in [-0.4, -0.2) is 29.8 Å². The average molecular weight is 318 g/mol. The summed E-state index contributed by atoms with van der Waals surface area (Å²) in [4.78, 5) is 21.8. The first-order valence-electron chi connectivity index (χ1n) is 6.68. The van der Waals surface area contributed by atoms with Crippen LogP contribution in [0.15, 0.2) is 24.3 Å². The molecule has 122 valence electrons. The second-order valence-corrected chi connectivity index (χ2v) is 4.69. The Morgan fingerprint density at radius 3 is 2.32 bits per heavy atom. The summed E-state index contributed by atoms with van der Waals surface area (Å²) in [6.07, 6.45) is -4.89. The van der Waals surface area contributed by atoms with Gasteiger partial charge in [-0.1, -0.05) is 12.1 Å². The molecule has 0 saturated heterocycles. The van der Waals surface area contributed by atoms with E-state index in [1.165, 1.54) is 24.3 Å². The number of amides is 2. The third kappa shape index (κ3) is 8.13. The summed E-state index contributed by atoms with van der Waals surface area (Å²) in [5.74, 6) is -0.934. The highest BCUT2D eigenvalue weighted by atomic mass is 19.4. The fraction of sp³-hybridized carbons (Fsp3) is 0.429. The molecule has 0 aliphatic rings. The summed E-state index contributed by atoms with van der Waals surface area (Å²) in [6.45, 7) is 0.224. The largest absolute Gasteiger partial charge is 0.481 e. The molecule has 0 radical (unpaired) electrons. The number of hydrogen-bond donors (Lipinski definition) is 3. The first kappa shape index (κ1) is 17.8. The van der Waals surface area contributed by atoms with Gasteiger partial charge >= 0.3 is 18.2 Å². The Morgan fingerprint density at radius 1 is 1.14 bits per heavy atom. The lowest BCUT2D eigenvalue weighted by Gasteiger charge is -2.09. The number of nitrogens with one attached hydrogen (secondary N) is 2. The predicted octanol–water partition coefficient (Wildman–Crippen LogP) is 3.17. The zero-order chi connectivity index (χ0) is 16.6. The molecule has 0 aromatic heterocycles. The molecule has 0 heterocycles. The Morgan fingerprint density at radius 2 is 1.77 bits per heavy atom. The molecule has 0 aliphatic heterocycles. The molecule has 22 heavy (non-hydrogen) atoms. The maximum Gasteiger partial charge on any atom is 0.389 e. The summed E-state index contributed by atoms with van der Waals surface area (Å²) in [5, 5.41) is 13.4. The molecule has 0 bridgehead atoms. The van der Waals surface area contributed by atoms with Gasteiger partial charge < -0.3 is 15.7 Å². The number of halogens is 3. The number of aryl methyl sites for hydroxylation is 1. The van der Waals surface area contributed by atoms with Crippen molar-refractivity contribution in [3.05, 3.63) is 29.8 Å². The van der Waals surface area contributed by atoms with Gasteiger partial charge in [-0.2, -0.15) is 13.2 Å². The number of carboxylic acids is 1. The summed E-state index contributed by atoms with van der Waals surface area (Å²) in [5.41, 5.74) is 0.983. The second kappa shape index (κ2) is 8.26. The Hall–Kier alpha value is -2.25. The molecule has 2 amide bonds. The van der Waals surface area contributed by atoms with Gasteiger partial charge in [-0.3, -0.25) is 4.79 Å². The monoisotopic (exact) mass is 318 g/mol. The van der Waals surface area contributed by atoms with Crippen molar-refractivity contribution < 1.29 is 27.9 Å². The van der Waals surface area contributed by atoms with E-state index in [-0.39, 0.29) is 19.4 Å². The van der Waals surface area contributed by atoms with E-state index < -0.39 is 24.6 Å². The standard InChI is InChI=1S/C14H17F3N2O3/c15-14(16,17)8-7-10-3-5-11(6-4-10)19-13(22)18-9-1-2-12(20)21/h3-6H,1-2,7-9H2,(H,20,21)(H2,18,19,22). The molecule has 1 rings (SSSR count). The van der Waals surface area contributed by atoms with Crippen molar-refractivity contribution >= 4 is 17.7 Å². The number of aliphatic carboxylic acids is 1. The fourth-order valence-electron chi connectivity index (χ4n) is 1.66. The topological polar surface area (TPSA) is 78.4 Å². The van der Waals surface area contributed by atoms with E-state index in [1.807, 2.05) is 0 Å². The third-order valence-electron chi connectivity index (χ3n) is 2.76. The Labute approximate surface area is 125 Å². The number of benzene rings is 1. The van der Waals surface area contributed by atoms with E-state index in [0.717, 1.165) is 0 Å². The number of carboxylic acid groups (broad SMARTS) is 1. The molecule has 0 atom stereocenters. The highest BCUT2D eigenvalue weighted by Gasteiger charge is 2.26. The van der Waals surface area contributed by atoms with Crippen LogP contribution in [0.2, 0.25) is 0 Å². The number of alkyl halides is 3. The molecule has 3 N–H and O–H groups in total. The molecule has 0 fully saturated rings. The average Bonchev–Trinajstić information content (AvgIpc) is 2.42. The SMILES string of the molecule is O=C(O)CCCNC(=O)Nc1ccc(CCC(F)(F)F)cc1. The van der Waals surface area contributed by atoms with Crippen molar-refractivity contribution in [3.63, 3.8) is 0 Å². The summed E-state index contributed by atoms with van der Waals surface area (Å²) in [6, 6.07) is 5.58. The maximum absolute atomic E-state index is 12.1. The van der Waals surface area contributed by atoms with Gasteiger partial charge in [0.25, 0.3) is 0 Å². The van der Waals surface area contributed by atoms with Crippen LogP contribution in [0.5, 0.6) is 0 Å². The van der Waals surface area contributed by atoms with Gasteiger partial charge in [-0.15, -0.1) is 0 Å². The smallest absolute Gasteiger partial charge is 0.389 e. The van der Waals surface area contributed by atoms with Crippen LogP contribution in [0.25, 0.3) is 0 Å². The van der Waals surface area contributed by atoms with Gasteiger partial charge in [-0.25, -0.2) is 4.79 Å². The van der Waals surface area contributed by atoms with Crippen molar-refractivity contribution in [1.82, 2.24) is 5.32 Å². The fourth-order valence-corrected chi connectivity index (χ4v) is 1.66. The van der Waals surface area contributed by atoms with Crippen LogP contribution in [0, 0.1) is 0 Å². The quantitative estimate of drug-likeness (QED) is 0.676. The predicted molar refractivity (Wildman–Crippen MR) is 74.7 cm³/mol. The van der Waals surface area contributed by atoms with Crippen LogP contribution in [0.4, 0.5) is 23.7 Å². The number of carbonyl (C=O) groups excluding carboxylic acids is 1. The molecule has 0 unspecified atom stereocenters. The minimum Gasteiger partial charge on any atom is -0.481 e. The van der Waals surface area contributed by atoms with Crippen molar-refractivity contribution in [2.24, 2.45) is 0 Å². The summed E-state index contributed by atoms with van der Waals surface area (Å²) >= 11 is 0. The number of hydrogen-bond acceptors (Lipinski definition) is 2. The van der Waals surface area contributed by atoms with E-state index in [2.05, 4.69) is 10.6 Å². The lowest BCUT2D eigenvalue weighted by atomic mass is 10.1. The van der Waals surface area contributed by atoms with Gasteiger partial charge in [0, 0.05) is 25.1 Å². The molecule has 0 spiro atoms. The van der Waals surface area contributed by atoms with Crippen molar-refractivity contribution in [3.8, 4) is 0 Å². The minimum absolute atomic E-state index is 0.0335. The molecular formula is C14H17F3N2O3. The van der Waals surface area contributed by atoms with Gasteiger partial charge in [0.1, 0.15) is 0 Å². The van der Waals surface area contributed by atoms with Crippen LogP contribution in [0.1, 0.15) is 24.8 Å². The summed E-state index contributed by atoms with van der Waals surface area (Å²) in [7, 11) is 0. The van der Waals surface area contributed by atoms with E-state index >= 15 is 0 Å². The highest BCUT2D eigenvalue weighted by molar-refractivity contribution is 5.89. The van der Waals surface area contributed by atoms with E-state index in [0.29, 0.717) is 17.7 Å². The van der Waals surface area contributed by atoms with E-state index in [4.69, 9.17) is 5.11 Å². The number of carbonyl (C=O) groups is 2. The van der Waals surface area contributed by atoms with E-state index in [9.17, 15) is 22.8 Å². The zero-order valence-electron chi connectivity index (χ0n) is 11.7. The van der Waals surface area contributed by atoms with Crippen molar-refractivity contribution in [1.29, 1.82) is 0 Å². The van der Waals surface area contributed by atoms with Gasteiger partial charge in [0.05, 0.1) is 0 Å². The summed E-state index contributed by atoms with van der Waals surface area (Å²) < 4.78 is 36.3. The highest BCUT2D eigenvalue weighted by Crippen LogP contribution is 2.22. The lowest BCUT2D eigenvalue weighted by molar-refractivity contribution is -0.137. The zero-order valence-corrected chi connectivity index (χ0v) is 11.7. The Kier molecular flexibility index (Phi) is 6.68. The second-order valence-electron chi connectivity index (χ2n) is 4.69. The molecule has 1 aromatic rings. The first-order chi connectivity index (χ1) is 10.3. The Bertz CT molecular complexity index is 501. The van der Waals surface area contributed by atoms with Gasteiger partial charge in [0.15, 0.2) is 0 Å². The van der Waals surface area contributed by atoms with Crippen LogP contribution < -0.4 is 10.6 Å². The molecular weight excluding hydrogens is 301 g/mol. The number of rotatable bonds is 7. The molecule has 5 nitrogen and oxygen atoms in total. The van der Waals surface area contributed by atoms with Gasteiger partial charge in [-0.05, 0) is 30.5 Å². The van der Waals surface area contributed by atoms with Crippen molar-refractivity contribution in [2.75, 3.05) is 11.9 Å². The molecule has 8 heteroatoms. The van der Waals surface area contributed by atoms with Crippen LogP contribution in [-0.2, 0) is 11.2 Å². The van der Waals surface area contributed by atoms with Crippen molar-refractivity contribution in [2.45, 2.75) is 31.9 Å². The lowest BCUT2D eigenvalue weighted by Crippen LogP contribution is -2.29. The Balaban J connectivity index is 2.34. The van der Waals surface area contributed by atoms with Gasteiger partial charge in [0.2, 0.25) is 0 Å². The van der Waals surface area contributed by atoms with Crippen LogP contribution in [0.3, 0.4) is 0 Å². The van der Waals surface area contributed by atoms with Crippen LogP contribution >= 0.6 is 0 Å². The van der Waals surface area contributed by atoms with E-state index in [1.54, 1.807) is 0 Å². The normalized spacial score (nSPS) is 11.0. The minimum atomic E-state index is -4.19. The first-order valence-corrected chi connectivity index (χ1v) is 6.68. The number of anilines is 1. The third-order valence-corrected chi connectivity index (χ3v) is 2.76. The maximum atomic E-state index is 12.1. The molecule has 0 aliphatic carbocycles. The molecule has 0 saturated carbocycles. The molecule has 1 aromatic carbocycles. The number of urea groups is 1.